The molecule has 6 heteroatoms. The zero-order chi connectivity index (χ0) is 15.0. The molecule has 3 unspecified atom stereocenters. The van der Waals surface area contributed by atoms with Gasteiger partial charge in [-0.15, -0.1) is 0 Å². The monoisotopic (exact) mass is 303 g/mol. The van der Waals surface area contributed by atoms with Crippen LogP contribution in [-0.4, -0.2) is 74.0 Å². The van der Waals surface area contributed by atoms with E-state index in [4.69, 9.17) is 5.73 Å². The fourth-order valence-electron chi connectivity index (χ4n) is 4.23. The highest BCUT2D eigenvalue weighted by atomic mass is 32.2. The Labute approximate surface area is 123 Å². The van der Waals surface area contributed by atoms with Crippen LogP contribution in [0.2, 0.25) is 0 Å². The average Bonchev–Trinajstić information content (AvgIpc) is 2.83. The number of hydrogen-bond donors (Lipinski definition) is 1. The standard InChI is InChI=1S/C14H29N3O2S/c1-4-16-8-9-17(10-12(16)2)14(11-15)7-5-6-13(14)20(3,18)19/h12-13H,4-11,15H2,1-3H3. The zero-order valence-corrected chi connectivity index (χ0v) is 13.8. The number of nitrogens with zero attached hydrogens (tertiary/aromatic N) is 2. The summed E-state index contributed by atoms with van der Waals surface area (Å²) < 4.78 is 24.3. The first-order valence-corrected chi connectivity index (χ1v) is 9.68. The van der Waals surface area contributed by atoms with Crippen molar-refractivity contribution in [3.63, 3.8) is 0 Å². The van der Waals surface area contributed by atoms with E-state index in [-0.39, 0.29) is 10.8 Å². The molecule has 5 nitrogen and oxygen atoms in total. The summed E-state index contributed by atoms with van der Waals surface area (Å²) in [7, 11) is -3.04. The highest BCUT2D eigenvalue weighted by Crippen LogP contribution is 2.39. The van der Waals surface area contributed by atoms with Gasteiger partial charge in [-0.1, -0.05) is 13.3 Å². The third-order valence-electron chi connectivity index (χ3n) is 5.35. The predicted octanol–water partition coefficient (Wildman–Crippen LogP) is 0.307. The Balaban J connectivity index is 2.23. The summed E-state index contributed by atoms with van der Waals surface area (Å²) in [6.07, 6.45) is 4.02. The molecule has 1 aliphatic carbocycles. The average molecular weight is 303 g/mol. The zero-order valence-electron chi connectivity index (χ0n) is 13.0. The Morgan fingerprint density at radius 3 is 2.55 bits per heavy atom. The van der Waals surface area contributed by atoms with E-state index in [1.54, 1.807) is 0 Å². The van der Waals surface area contributed by atoms with Crippen molar-refractivity contribution in [2.75, 3.05) is 39.0 Å². The molecule has 3 atom stereocenters. The van der Waals surface area contributed by atoms with E-state index in [0.717, 1.165) is 45.4 Å². The van der Waals surface area contributed by atoms with Crippen LogP contribution in [0.25, 0.3) is 0 Å². The van der Waals surface area contributed by atoms with E-state index in [9.17, 15) is 8.42 Å². The first-order valence-electron chi connectivity index (χ1n) is 7.73. The number of nitrogens with two attached hydrogens (primary N) is 1. The minimum Gasteiger partial charge on any atom is -0.329 e. The molecule has 1 saturated carbocycles. The van der Waals surface area contributed by atoms with Crippen LogP contribution in [0.4, 0.5) is 0 Å². The second-order valence-corrected chi connectivity index (χ2v) is 8.67. The lowest BCUT2D eigenvalue weighted by atomic mass is 9.92. The van der Waals surface area contributed by atoms with Gasteiger partial charge in [-0.25, -0.2) is 8.42 Å². The van der Waals surface area contributed by atoms with Crippen molar-refractivity contribution < 1.29 is 8.42 Å². The van der Waals surface area contributed by atoms with Crippen LogP contribution in [0, 0.1) is 0 Å². The largest absolute Gasteiger partial charge is 0.329 e. The lowest BCUT2D eigenvalue weighted by Crippen LogP contribution is -2.66. The smallest absolute Gasteiger partial charge is 0.152 e. The number of sulfone groups is 1. The molecule has 0 amide bonds. The van der Waals surface area contributed by atoms with Gasteiger partial charge in [0, 0.05) is 44.0 Å². The van der Waals surface area contributed by atoms with Crippen LogP contribution in [0.15, 0.2) is 0 Å². The maximum Gasteiger partial charge on any atom is 0.152 e. The number of likely N-dealkylation sites (N-methyl/N-ethyl adjacent to an activating group) is 1. The summed E-state index contributed by atoms with van der Waals surface area (Å²) in [6, 6.07) is 0.470. The van der Waals surface area contributed by atoms with Crippen molar-refractivity contribution in [2.24, 2.45) is 5.73 Å². The second kappa shape index (κ2) is 5.91. The third kappa shape index (κ3) is 2.75. The molecule has 2 fully saturated rings. The molecule has 1 aliphatic heterocycles. The molecule has 2 N–H and O–H groups in total. The van der Waals surface area contributed by atoms with E-state index >= 15 is 0 Å². The van der Waals surface area contributed by atoms with Gasteiger partial charge in [0.15, 0.2) is 9.84 Å². The minimum atomic E-state index is -3.04. The summed E-state index contributed by atoms with van der Waals surface area (Å²) in [6.45, 7) is 8.78. The Bertz CT molecular complexity index is 440. The van der Waals surface area contributed by atoms with E-state index in [1.165, 1.54) is 6.26 Å². The Morgan fingerprint density at radius 2 is 2.05 bits per heavy atom. The molecule has 0 aromatic carbocycles. The Kier molecular flexibility index (Phi) is 4.79. The van der Waals surface area contributed by atoms with Crippen LogP contribution >= 0.6 is 0 Å². The van der Waals surface area contributed by atoms with Crippen molar-refractivity contribution in [3.05, 3.63) is 0 Å². The molecule has 0 spiro atoms. The van der Waals surface area contributed by atoms with Gasteiger partial charge < -0.3 is 5.73 Å². The van der Waals surface area contributed by atoms with Crippen LogP contribution in [0.1, 0.15) is 33.1 Å². The van der Waals surface area contributed by atoms with Crippen molar-refractivity contribution in [3.8, 4) is 0 Å². The SMILES string of the molecule is CCN1CCN(C2(CN)CCCC2S(C)(=O)=O)CC1C. The predicted molar refractivity (Wildman–Crippen MR) is 82.6 cm³/mol. The molecule has 20 heavy (non-hydrogen) atoms. The summed E-state index contributed by atoms with van der Waals surface area (Å²) >= 11 is 0. The van der Waals surface area contributed by atoms with Gasteiger partial charge in [0.05, 0.1) is 5.25 Å². The Hall–Kier alpha value is -0.170. The van der Waals surface area contributed by atoms with Crippen molar-refractivity contribution >= 4 is 9.84 Å². The fourth-order valence-corrected chi connectivity index (χ4v) is 5.98. The molecule has 0 radical (unpaired) electrons. The number of piperazine rings is 1. The van der Waals surface area contributed by atoms with Crippen LogP contribution < -0.4 is 5.73 Å². The molecule has 2 aliphatic rings. The van der Waals surface area contributed by atoms with Gasteiger partial charge >= 0.3 is 0 Å². The van der Waals surface area contributed by atoms with Crippen LogP contribution in [-0.2, 0) is 9.84 Å². The van der Waals surface area contributed by atoms with E-state index in [0.29, 0.717) is 12.6 Å². The molecular weight excluding hydrogens is 274 g/mol. The van der Waals surface area contributed by atoms with Crippen molar-refractivity contribution in [1.82, 2.24) is 9.80 Å². The maximum atomic E-state index is 12.2. The first-order chi connectivity index (χ1) is 9.35. The highest BCUT2D eigenvalue weighted by molar-refractivity contribution is 7.91. The molecule has 2 rings (SSSR count). The summed E-state index contributed by atoms with van der Waals surface area (Å²) in [5, 5.41) is -0.291. The topological polar surface area (TPSA) is 66.6 Å². The summed E-state index contributed by atoms with van der Waals surface area (Å²) in [4.78, 5) is 4.83. The molecule has 1 saturated heterocycles. The van der Waals surface area contributed by atoms with Gasteiger partial charge in [0.1, 0.15) is 0 Å². The van der Waals surface area contributed by atoms with E-state index in [2.05, 4.69) is 23.6 Å². The molecule has 0 aromatic heterocycles. The summed E-state index contributed by atoms with van der Waals surface area (Å²) in [5.74, 6) is 0. The lowest BCUT2D eigenvalue weighted by molar-refractivity contribution is 0.0144. The second-order valence-electron chi connectivity index (χ2n) is 6.44. The molecule has 0 aromatic rings. The van der Waals surface area contributed by atoms with Gasteiger partial charge in [0.25, 0.3) is 0 Å². The van der Waals surface area contributed by atoms with Crippen LogP contribution in [0.3, 0.4) is 0 Å². The normalized spacial score (nSPS) is 37.4. The Morgan fingerprint density at radius 1 is 1.35 bits per heavy atom. The van der Waals surface area contributed by atoms with E-state index < -0.39 is 9.84 Å². The third-order valence-corrected chi connectivity index (χ3v) is 7.05. The first kappa shape index (κ1) is 16.2. The van der Waals surface area contributed by atoms with Gasteiger partial charge in [-0.2, -0.15) is 0 Å². The molecule has 1 heterocycles. The van der Waals surface area contributed by atoms with Crippen molar-refractivity contribution in [1.29, 1.82) is 0 Å². The molecule has 118 valence electrons. The maximum absolute atomic E-state index is 12.2. The fraction of sp³-hybridized carbons (Fsp3) is 1.00. The van der Waals surface area contributed by atoms with Gasteiger partial charge in [-0.05, 0) is 26.3 Å². The minimum absolute atomic E-state index is 0.291. The molecule has 0 bridgehead atoms. The van der Waals surface area contributed by atoms with E-state index in [1.807, 2.05) is 0 Å². The lowest BCUT2D eigenvalue weighted by Gasteiger charge is -2.50. The van der Waals surface area contributed by atoms with Gasteiger partial charge in [0.2, 0.25) is 0 Å². The molecular formula is C14H29N3O2S. The quantitative estimate of drug-likeness (QED) is 0.809. The van der Waals surface area contributed by atoms with Crippen molar-refractivity contribution in [2.45, 2.75) is 49.9 Å². The number of hydrogen-bond acceptors (Lipinski definition) is 5. The number of rotatable bonds is 4. The highest BCUT2D eigenvalue weighted by Gasteiger charge is 2.51. The van der Waals surface area contributed by atoms with Gasteiger partial charge in [-0.3, -0.25) is 9.80 Å². The summed E-state index contributed by atoms with van der Waals surface area (Å²) in [5.41, 5.74) is 5.75. The van der Waals surface area contributed by atoms with Crippen LogP contribution in [0.5, 0.6) is 0 Å².